The van der Waals surface area contributed by atoms with Crippen LogP contribution < -0.4 is 0 Å². The summed E-state index contributed by atoms with van der Waals surface area (Å²) in [6.45, 7) is 5.97. The average Bonchev–Trinajstić information content (AvgIpc) is 2.22. The topological polar surface area (TPSA) is 47.3 Å². The minimum atomic E-state index is -0.524. The van der Waals surface area contributed by atoms with Gasteiger partial charge in [0.25, 0.3) is 0 Å². The number of hydrogen-bond acceptors (Lipinski definition) is 3. The van der Waals surface area contributed by atoms with E-state index in [0.29, 0.717) is 6.54 Å². The minimum Gasteiger partial charge on any atom is -0.342 e. The molecule has 0 aliphatic heterocycles. The molecule has 86 valence electrons. The molecule has 15 heavy (non-hydrogen) atoms. The zero-order valence-corrected chi connectivity index (χ0v) is 10.2. The molecule has 0 rings (SSSR count). The van der Waals surface area contributed by atoms with Gasteiger partial charge in [0.1, 0.15) is 5.92 Å². The van der Waals surface area contributed by atoms with Gasteiger partial charge in [0.2, 0.25) is 5.91 Å². The first kappa shape index (κ1) is 13.9. The van der Waals surface area contributed by atoms with Crippen molar-refractivity contribution >= 4 is 5.91 Å². The van der Waals surface area contributed by atoms with Gasteiger partial charge in [-0.3, -0.25) is 4.79 Å². The lowest BCUT2D eigenvalue weighted by molar-refractivity contribution is -0.133. The number of carbonyl (C=O) groups excluding carboxylic acids is 1. The smallest absolute Gasteiger partial charge is 0.239 e. The summed E-state index contributed by atoms with van der Waals surface area (Å²) in [6, 6.07) is 1.98. The Morgan fingerprint density at radius 3 is 2.40 bits per heavy atom. The third-order valence-electron chi connectivity index (χ3n) is 2.29. The summed E-state index contributed by atoms with van der Waals surface area (Å²) >= 11 is 0. The Morgan fingerprint density at radius 1 is 1.40 bits per heavy atom. The quantitative estimate of drug-likeness (QED) is 0.657. The monoisotopic (exact) mass is 211 g/mol. The fourth-order valence-corrected chi connectivity index (χ4v) is 1.33. The summed E-state index contributed by atoms with van der Waals surface area (Å²) in [7, 11) is 4.02. The first-order valence-corrected chi connectivity index (χ1v) is 5.36. The van der Waals surface area contributed by atoms with Crippen molar-refractivity contribution in [2.45, 2.75) is 20.3 Å². The maximum absolute atomic E-state index is 11.7. The van der Waals surface area contributed by atoms with E-state index in [2.05, 4.69) is 4.90 Å². The molecule has 0 aromatic rings. The highest BCUT2D eigenvalue weighted by Gasteiger charge is 2.17. The number of hydrogen-bond donors (Lipinski definition) is 0. The first-order chi connectivity index (χ1) is 7.02. The number of amides is 1. The predicted octanol–water partition coefficient (Wildman–Crippen LogP) is 0.946. The van der Waals surface area contributed by atoms with Crippen LogP contribution in [0.3, 0.4) is 0 Å². The Morgan fingerprint density at radius 2 is 2.00 bits per heavy atom. The molecule has 1 unspecified atom stereocenters. The van der Waals surface area contributed by atoms with E-state index >= 15 is 0 Å². The van der Waals surface area contributed by atoms with Crippen LogP contribution in [-0.2, 0) is 4.79 Å². The Balaban J connectivity index is 4.03. The molecule has 0 saturated heterocycles. The van der Waals surface area contributed by atoms with Gasteiger partial charge in [-0.1, -0.05) is 0 Å². The second kappa shape index (κ2) is 7.24. The van der Waals surface area contributed by atoms with Crippen LogP contribution >= 0.6 is 0 Å². The molecule has 1 atom stereocenters. The van der Waals surface area contributed by atoms with Gasteiger partial charge in [-0.2, -0.15) is 5.26 Å². The van der Waals surface area contributed by atoms with Crippen LogP contribution in [0.2, 0.25) is 0 Å². The molecule has 0 heterocycles. The van der Waals surface area contributed by atoms with Gasteiger partial charge >= 0.3 is 0 Å². The number of carbonyl (C=O) groups is 1. The molecule has 4 heteroatoms. The van der Waals surface area contributed by atoms with Crippen LogP contribution in [0, 0.1) is 17.2 Å². The van der Waals surface area contributed by atoms with Crippen LogP contribution in [0.25, 0.3) is 0 Å². The van der Waals surface area contributed by atoms with E-state index in [1.165, 1.54) is 0 Å². The van der Waals surface area contributed by atoms with Crippen molar-refractivity contribution in [2.75, 3.05) is 33.7 Å². The molecule has 0 radical (unpaired) electrons. The van der Waals surface area contributed by atoms with Gasteiger partial charge in [-0.25, -0.2) is 0 Å². The summed E-state index contributed by atoms with van der Waals surface area (Å²) in [5, 5.41) is 8.66. The van der Waals surface area contributed by atoms with E-state index in [-0.39, 0.29) is 5.91 Å². The van der Waals surface area contributed by atoms with Gasteiger partial charge in [0, 0.05) is 13.1 Å². The van der Waals surface area contributed by atoms with E-state index in [1.807, 2.05) is 27.1 Å². The number of nitriles is 1. The average molecular weight is 211 g/mol. The Bertz CT molecular complexity index is 232. The van der Waals surface area contributed by atoms with Crippen molar-refractivity contribution in [1.29, 1.82) is 5.26 Å². The van der Waals surface area contributed by atoms with Gasteiger partial charge in [0.15, 0.2) is 0 Å². The lowest BCUT2D eigenvalue weighted by Crippen LogP contribution is -2.36. The van der Waals surface area contributed by atoms with Gasteiger partial charge in [-0.15, -0.1) is 0 Å². The molecule has 0 aromatic carbocycles. The summed E-state index contributed by atoms with van der Waals surface area (Å²) in [5.41, 5.74) is 0. The van der Waals surface area contributed by atoms with Crippen molar-refractivity contribution in [3.05, 3.63) is 0 Å². The maximum Gasteiger partial charge on any atom is 0.239 e. The Labute approximate surface area is 92.5 Å². The van der Waals surface area contributed by atoms with Gasteiger partial charge < -0.3 is 9.80 Å². The first-order valence-electron chi connectivity index (χ1n) is 5.36. The molecule has 0 aliphatic rings. The van der Waals surface area contributed by atoms with E-state index in [1.54, 1.807) is 11.8 Å². The third-order valence-corrected chi connectivity index (χ3v) is 2.29. The van der Waals surface area contributed by atoms with Crippen molar-refractivity contribution in [3.63, 3.8) is 0 Å². The molecule has 0 spiro atoms. The second-order valence-corrected chi connectivity index (χ2v) is 3.93. The summed E-state index contributed by atoms with van der Waals surface area (Å²) in [4.78, 5) is 15.5. The second-order valence-electron chi connectivity index (χ2n) is 3.93. The molecule has 4 nitrogen and oxygen atoms in total. The fourth-order valence-electron chi connectivity index (χ4n) is 1.33. The molecule has 0 aromatic heterocycles. The van der Waals surface area contributed by atoms with Crippen molar-refractivity contribution < 1.29 is 4.79 Å². The van der Waals surface area contributed by atoms with Crippen LogP contribution in [0.5, 0.6) is 0 Å². The largest absolute Gasteiger partial charge is 0.342 e. The van der Waals surface area contributed by atoms with E-state index in [9.17, 15) is 4.79 Å². The standard InChI is InChI=1S/C11H21N3O/c1-5-14(8-6-7-13(3)4)11(15)10(2)9-12/h10H,5-8H2,1-4H3. The molecule has 0 N–H and O–H groups in total. The molecular weight excluding hydrogens is 190 g/mol. The number of nitrogens with zero attached hydrogens (tertiary/aromatic N) is 3. The van der Waals surface area contributed by atoms with Gasteiger partial charge in [-0.05, 0) is 40.9 Å². The van der Waals surface area contributed by atoms with Crippen molar-refractivity contribution in [1.82, 2.24) is 9.80 Å². The highest BCUT2D eigenvalue weighted by molar-refractivity contribution is 5.80. The third kappa shape index (κ3) is 5.38. The van der Waals surface area contributed by atoms with Crippen LogP contribution in [0.1, 0.15) is 20.3 Å². The molecule has 0 bridgehead atoms. The SMILES string of the molecule is CCN(CCCN(C)C)C(=O)C(C)C#N. The van der Waals surface area contributed by atoms with Gasteiger partial charge in [0.05, 0.1) is 6.07 Å². The molecule has 0 aliphatic carbocycles. The van der Waals surface area contributed by atoms with E-state index in [4.69, 9.17) is 5.26 Å². The highest BCUT2D eigenvalue weighted by Crippen LogP contribution is 2.02. The molecule has 0 fully saturated rings. The Kier molecular flexibility index (Phi) is 6.72. The van der Waals surface area contributed by atoms with Crippen LogP contribution in [0.4, 0.5) is 0 Å². The molecular formula is C11H21N3O. The van der Waals surface area contributed by atoms with Crippen LogP contribution in [0.15, 0.2) is 0 Å². The molecule has 1 amide bonds. The lowest BCUT2D eigenvalue weighted by atomic mass is 10.1. The lowest BCUT2D eigenvalue weighted by Gasteiger charge is -2.22. The van der Waals surface area contributed by atoms with Crippen molar-refractivity contribution in [2.24, 2.45) is 5.92 Å². The normalized spacial score (nSPS) is 12.3. The van der Waals surface area contributed by atoms with Crippen LogP contribution in [-0.4, -0.2) is 49.4 Å². The van der Waals surface area contributed by atoms with E-state index < -0.39 is 5.92 Å². The Hall–Kier alpha value is -1.08. The maximum atomic E-state index is 11.7. The molecule has 0 saturated carbocycles. The fraction of sp³-hybridized carbons (Fsp3) is 0.818. The number of rotatable bonds is 6. The minimum absolute atomic E-state index is 0.0567. The highest BCUT2D eigenvalue weighted by atomic mass is 16.2. The zero-order valence-electron chi connectivity index (χ0n) is 10.2. The summed E-state index contributed by atoms with van der Waals surface area (Å²) < 4.78 is 0. The zero-order chi connectivity index (χ0) is 11.8. The summed E-state index contributed by atoms with van der Waals surface area (Å²) in [5.74, 6) is -0.580. The summed E-state index contributed by atoms with van der Waals surface area (Å²) in [6.07, 6.45) is 0.949. The predicted molar refractivity (Wildman–Crippen MR) is 60.2 cm³/mol. The van der Waals surface area contributed by atoms with Crippen molar-refractivity contribution in [3.8, 4) is 6.07 Å². The van der Waals surface area contributed by atoms with E-state index in [0.717, 1.165) is 19.5 Å².